The third kappa shape index (κ3) is 3.42. The van der Waals surface area contributed by atoms with Crippen molar-refractivity contribution in [2.75, 3.05) is 37.8 Å². The van der Waals surface area contributed by atoms with Crippen LogP contribution in [0.3, 0.4) is 0 Å². The zero-order valence-electron chi connectivity index (χ0n) is 13.3. The number of nitrogens with zero attached hydrogens (tertiary/aromatic N) is 2. The van der Waals surface area contributed by atoms with Crippen molar-refractivity contribution in [1.29, 1.82) is 0 Å². The molecule has 0 atom stereocenters. The Morgan fingerprint density at radius 1 is 1.14 bits per heavy atom. The van der Waals surface area contributed by atoms with E-state index in [1.807, 2.05) is 0 Å². The van der Waals surface area contributed by atoms with Crippen molar-refractivity contribution in [2.24, 2.45) is 5.73 Å². The number of sulfonamides is 1. The fraction of sp³-hybridized carbons (Fsp3) is 0.462. The Hall–Kier alpha value is -2.00. The average Bonchev–Trinajstić information content (AvgIpc) is 2.50. The molecule has 22 heavy (non-hydrogen) atoms. The van der Waals surface area contributed by atoms with Gasteiger partial charge in [-0.3, -0.25) is 0 Å². The normalized spacial score (nSPS) is 11.3. The van der Waals surface area contributed by atoms with Crippen LogP contribution in [0.25, 0.3) is 0 Å². The van der Waals surface area contributed by atoms with Gasteiger partial charge in [-0.15, -0.1) is 4.41 Å². The molecule has 8 nitrogen and oxygen atoms in total. The lowest BCUT2D eigenvalue weighted by molar-refractivity contribution is 0.101. The Balaban J connectivity index is 3.40. The second-order valence-electron chi connectivity index (χ2n) is 4.43. The molecule has 0 radical (unpaired) electrons. The maximum Gasteiger partial charge on any atom is 0.343 e. The summed E-state index contributed by atoms with van der Waals surface area (Å²) in [7, 11) is -0.649. The minimum absolute atomic E-state index is 0.0125. The number of nitrogens with one attached hydrogen (secondary N) is 2. The Morgan fingerprint density at radius 2 is 1.68 bits per heavy atom. The van der Waals surface area contributed by atoms with Crippen LogP contribution >= 0.6 is 0 Å². The first-order valence-corrected chi connectivity index (χ1v) is 8.36. The van der Waals surface area contributed by atoms with Gasteiger partial charge in [-0.05, 0) is 18.2 Å². The second kappa shape index (κ2) is 7.32. The summed E-state index contributed by atoms with van der Waals surface area (Å²) in [5, 5.41) is 7.22. The standard InChI is InChI=1S/C13H23N5O3S/c1-5-17(6-2)18(13(14)19)22(20,21)10-7-8-11(15-3)12(9-10)16-4/h7-9,15-16H,5-6H2,1-4H3,(H2,14,19). The summed E-state index contributed by atoms with van der Waals surface area (Å²) >= 11 is 0. The van der Waals surface area contributed by atoms with Gasteiger partial charge in [-0.2, -0.15) is 8.42 Å². The van der Waals surface area contributed by atoms with Crippen molar-refractivity contribution in [1.82, 2.24) is 9.42 Å². The Kier molecular flexibility index (Phi) is 6.01. The maximum absolute atomic E-state index is 12.7. The van der Waals surface area contributed by atoms with Gasteiger partial charge in [0.25, 0.3) is 10.0 Å². The van der Waals surface area contributed by atoms with Crippen molar-refractivity contribution in [3.8, 4) is 0 Å². The summed E-state index contributed by atoms with van der Waals surface area (Å²) in [5.41, 5.74) is 6.63. The van der Waals surface area contributed by atoms with Gasteiger partial charge in [0.05, 0.1) is 16.3 Å². The van der Waals surface area contributed by atoms with Gasteiger partial charge in [0.15, 0.2) is 0 Å². The van der Waals surface area contributed by atoms with E-state index in [0.717, 1.165) is 5.69 Å². The van der Waals surface area contributed by atoms with Gasteiger partial charge >= 0.3 is 6.03 Å². The van der Waals surface area contributed by atoms with Crippen LogP contribution in [0.2, 0.25) is 0 Å². The molecule has 4 N–H and O–H groups in total. The van der Waals surface area contributed by atoms with Crippen molar-refractivity contribution < 1.29 is 13.2 Å². The minimum atomic E-state index is -4.06. The number of hydrazine groups is 1. The molecular formula is C13H23N5O3S. The predicted molar refractivity (Wildman–Crippen MR) is 87.1 cm³/mol. The van der Waals surface area contributed by atoms with Crippen LogP contribution in [0.4, 0.5) is 16.2 Å². The molecule has 0 aliphatic carbocycles. The average molecular weight is 329 g/mol. The topological polar surface area (TPSA) is 108 Å². The van der Waals surface area contributed by atoms with Crippen LogP contribution < -0.4 is 16.4 Å². The lowest BCUT2D eigenvalue weighted by Gasteiger charge is -2.30. The van der Waals surface area contributed by atoms with Gasteiger partial charge < -0.3 is 16.4 Å². The number of nitrogens with two attached hydrogens (primary N) is 1. The molecule has 0 saturated heterocycles. The van der Waals surface area contributed by atoms with E-state index in [1.165, 1.54) is 17.1 Å². The largest absolute Gasteiger partial charge is 0.386 e. The van der Waals surface area contributed by atoms with E-state index in [2.05, 4.69) is 10.6 Å². The zero-order chi connectivity index (χ0) is 16.9. The molecule has 1 aromatic rings. The number of hydrogen-bond donors (Lipinski definition) is 3. The lowest BCUT2D eigenvalue weighted by atomic mass is 10.2. The first-order valence-electron chi connectivity index (χ1n) is 6.92. The SMILES string of the molecule is CCN(CC)N(C(N)=O)S(=O)(=O)c1ccc(NC)c(NC)c1. The van der Waals surface area contributed by atoms with Gasteiger partial charge in [0.1, 0.15) is 0 Å². The number of carbonyl (C=O) groups is 1. The third-order valence-electron chi connectivity index (χ3n) is 3.23. The number of amides is 2. The molecule has 1 rings (SSSR count). The molecule has 0 heterocycles. The molecule has 124 valence electrons. The molecule has 0 spiro atoms. The van der Waals surface area contributed by atoms with Crippen LogP contribution in [0.5, 0.6) is 0 Å². The van der Waals surface area contributed by atoms with Gasteiger partial charge in [0.2, 0.25) is 0 Å². The molecule has 0 unspecified atom stereocenters. The second-order valence-corrected chi connectivity index (χ2v) is 6.20. The van der Waals surface area contributed by atoms with Crippen molar-refractivity contribution >= 4 is 27.4 Å². The highest BCUT2D eigenvalue weighted by Gasteiger charge is 2.32. The predicted octanol–water partition coefficient (Wildman–Crippen LogP) is 1.10. The Bertz CT molecular complexity index is 629. The number of urea groups is 1. The molecule has 0 aliphatic heterocycles. The maximum atomic E-state index is 12.7. The molecule has 0 fully saturated rings. The molecule has 0 aromatic heterocycles. The van der Waals surface area contributed by atoms with Crippen LogP contribution in [0.15, 0.2) is 23.1 Å². The summed E-state index contributed by atoms with van der Waals surface area (Å²) < 4.78 is 26.1. The van der Waals surface area contributed by atoms with E-state index in [4.69, 9.17) is 5.73 Å². The van der Waals surface area contributed by atoms with E-state index in [1.54, 1.807) is 34.0 Å². The van der Waals surface area contributed by atoms with Gasteiger partial charge in [-0.1, -0.05) is 13.8 Å². The molecule has 0 saturated carbocycles. The molecule has 0 bridgehead atoms. The van der Waals surface area contributed by atoms with E-state index in [-0.39, 0.29) is 4.90 Å². The van der Waals surface area contributed by atoms with E-state index in [0.29, 0.717) is 23.2 Å². The number of anilines is 2. The molecular weight excluding hydrogens is 306 g/mol. The number of benzene rings is 1. The lowest BCUT2D eigenvalue weighted by Crippen LogP contribution is -2.52. The number of primary amides is 1. The molecule has 1 aromatic carbocycles. The fourth-order valence-electron chi connectivity index (χ4n) is 2.10. The van der Waals surface area contributed by atoms with Crippen LogP contribution in [-0.4, -0.2) is 51.1 Å². The fourth-order valence-corrected chi connectivity index (χ4v) is 3.58. The van der Waals surface area contributed by atoms with Gasteiger partial charge in [0, 0.05) is 27.2 Å². The zero-order valence-corrected chi connectivity index (χ0v) is 14.1. The molecule has 0 aliphatic rings. The highest BCUT2D eigenvalue weighted by Crippen LogP contribution is 2.27. The van der Waals surface area contributed by atoms with Crippen molar-refractivity contribution in [3.05, 3.63) is 18.2 Å². The minimum Gasteiger partial charge on any atom is -0.386 e. The van der Waals surface area contributed by atoms with E-state index >= 15 is 0 Å². The summed E-state index contributed by atoms with van der Waals surface area (Å²) in [5.74, 6) is 0. The third-order valence-corrected chi connectivity index (χ3v) is 4.95. The quantitative estimate of drug-likeness (QED) is 0.647. The first-order chi connectivity index (χ1) is 10.3. The van der Waals surface area contributed by atoms with Crippen LogP contribution in [-0.2, 0) is 10.0 Å². The van der Waals surface area contributed by atoms with Crippen LogP contribution in [0.1, 0.15) is 13.8 Å². The Labute approximate surface area is 131 Å². The molecule has 9 heteroatoms. The van der Waals surface area contributed by atoms with Crippen molar-refractivity contribution in [2.45, 2.75) is 18.7 Å². The van der Waals surface area contributed by atoms with E-state index in [9.17, 15) is 13.2 Å². The van der Waals surface area contributed by atoms with E-state index < -0.39 is 16.1 Å². The number of rotatable bonds is 7. The summed E-state index contributed by atoms with van der Waals surface area (Å²) in [6.45, 7) is 4.18. The van der Waals surface area contributed by atoms with Crippen molar-refractivity contribution in [3.63, 3.8) is 0 Å². The Morgan fingerprint density at radius 3 is 2.09 bits per heavy atom. The summed E-state index contributed by atoms with van der Waals surface area (Å²) in [6.07, 6.45) is 0. The highest BCUT2D eigenvalue weighted by molar-refractivity contribution is 7.89. The number of carbonyl (C=O) groups excluding carboxylic acids is 1. The monoisotopic (exact) mass is 329 g/mol. The number of hydrogen-bond acceptors (Lipinski definition) is 6. The van der Waals surface area contributed by atoms with Crippen LogP contribution in [0, 0.1) is 0 Å². The first kappa shape index (κ1) is 18.1. The summed E-state index contributed by atoms with van der Waals surface area (Å²) in [6, 6.07) is 3.48. The highest BCUT2D eigenvalue weighted by atomic mass is 32.2. The smallest absolute Gasteiger partial charge is 0.343 e. The molecule has 2 amide bonds. The summed E-state index contributed by atoms with van der Waals surface area (Å²) in [4.78, 5) is 11.6. The van der Waals surface area contributed by atoms with Gasteiger partial charge in [-0.25, -0.2) is 9.80 Å².